The molecule has 0 saturated heterocycles. The van der Waals surface area contributed by atoms with E-state index in [-0.39, 0.29) is 12.5 Å². The van der Waals surface area contributed by atoms with Gasteiger partial charge in [-0.2, -0.15) is 0 Å². The number of ether oxygens (including phenoxy) is 1. The predicted molar refractivity (Wildman–Crippen MR) is 62.6 cm³/mol. The molecule has 0 aliphatic heterocycles. The molecular weight excluding hydrogens is 206 g/mol. The molecule has 0 aromatic carbocycles. The van der Waals surface area contributed by atoms with Crippen LogP contribution in [-0.4, -0.2) is 31.1 Å². The van der Waals surface area contributed by atoms with Gasteiger partial charge in [0.15, 0.2) is 0 Å². The van der Waals surface area contributed by atoms with Crippen molar-refractivity contribution in [3.8, 4) is 5.88 Å². The molecule has 0 bridgehead atoms. The van der Waals surface area contributed by atoms with E-state index in [0.29, 0.717) is 12.4 Å². The van der Waals surface area contributed by atoms with Gasteiger partial charge in [-0.3, -0.25) is 4.79 Å². The monoisotopic (exact) mass is 223 g/mol. The average molecular weight is 223 g/mol. The van der Waals surface area contributed by atoms with E-state index < -0.39 is 0 Å². The van der Waals surface area contributed by atoms with Crippen LogP contribution in [0, 0.1) is 0 Å². The lowest BCUT2D eigenvalue weighted by molar-refractivity contribution is -0.119. The number of aromatic nitrogens is 1. The van der Waals surface area contributed by atoms with Crippen LogP contribution in [0.2, 0.25) is 0 Å². The Bertz CT molecular complexity index is 342. The largest absolute Gasteiger partial charge is 0.481 e. The lowest BCUT2D eigenvalue weighted by Crippen LogP contribution is -2.30. The summed E-state index contributed by atoms with van der Waals surface area (Å²) in [7, 11) is 1.56. The molecule has 5 heteroatoms. The van der Waals surface area contributed by atoms with Crippen LogP contribution < -0.4 is 15.4 Å². The van der Waals surface area contributed by atoms with Gasteiger partial charge in [0, 0.05) is 24.5 Å². The third-order valence-corrected chi connectivity index (χ3v) is 1.97. The van der Waals surface area contributed by atoms with Gasteiger partial charge in [0.25, 0.3) is 0 Å². The Morgan fingerprint density at radius 1 is 1.56 bits per heavy atom. The van der Waals surface area contributed by atoms with Gasteiger partial charge in [0.05, 0.1) is 13.7 Å². The first-order valence-corrected chi connectivity index (χ1v) is 5.27. The van der Waals surface area contributed by atoms with Crippen LogP contribution in [0.3, 0.4) is 0 Å². The third kappa shape index (κ3) is 4.16. The van der Waals surface area contributed by atoms with Crippen molar-refractivity contribution < 1.29 is 9.53 Å². The quantitative estimate of drug-likeness (QED) is 0.756. The molecule has 16 heavy (non-hydrogen) atoms. The smallest absolute Gasteiger partial charge is 0.239 e. The Balaban J connectivity index is 2.38. The molecule has 5 nitrogen and oxygen atoms in total. The molecule has 2 N–H and O–H groups in total. The number of pyridine rings is 1. The van der Waals surface area contributed by atoms with E-state index in [9.17, 15) is 4.79 Å². The first-order chi connectivity index (χ1) is 7.76. The Kier molecular flexibility index (Phi) is 5.11. The summed E-state index contributed by atoms with van der Waals surface area (Å²) in [4.78, 5) is 15.3. The molecular formula is C11H17N3O2. The molecule has 0 unspecified atom stereocenters. The summed E-state index contributed by atoms with van der Waals surface area (Å²) < 4.78 is 4.97. The maximum Gasteiger partial charge on any atom is 0.239 e. The van der Waals surface area contributed by atoms with E-state index in [1.54, 1.807) is 25.4 Å². The first-order valence-electron chi connectivity index (χ1n) is 5.27. The van der Waals surface area contributed by atoms with Gasteiger partial charge in [-0.15, -0.1) is 0 Å². The first kappa shape index (κ1) is 12.3. The van der Waals surface area contributed by atoms with Crippen LogP contribution in [0.4, 0.5) is 5.69 Å². The molecule has 1 amide bonds. The van der Waals surface area contributed by atoms with Crippen molar-refractivity contribution in [2.45, 2.75) is 13.3 Å². The summed E-state index contributed by atoms with van der Waals surface area (Å²) in [5, 5.41) is 5.78. The van der Waals surface area contributed by atoms with Crippen molar-refractivity contribution in [3.63, 3.8) is 0 Å². The molecule has 88 valence electrons. The van der Waals surface area contributed by atoms with E-state index in [1.165, 1.54) is 0 Å². The van der Waals surface area contributed by atoms with E-state index in [1.807, 2.05) is 6.92 Å². The highest BCUT2D eigenvalue weighted by molar-refractivity contribution is 5.80. The van der Waals surface area contributed by atoms with Gasteiger partial charge in [0.1, 0.15) is 0 Å². The molecule has 1 rings (SSSR count). The van der Waals surface area contributed by atoms with Crippen molar-refractivity contribution in [1.82, 2.24) is 10.3 Å². The van der Waals surface area contributed by atoms with Gasteiger partial charge in [-0.25, -0.2) is 4.98 Å². The molecule has 0 aliphatic rings. The minimum Gasteiger partial charge on any atom is -0.481 e. The summed E-state index contributed by atoms with van der Waals surface area (Å²) in [6, 6.07) is 3.53. The number of nitrogens with zero attached hydrogens (tertiary/aromatic N) is 1. The number of nitrogens with one attached hydrogen (secondary N) is 2. The lowest BCUT2D eigenvalue weighted by atomic mass is 10.4. The van der Waals surface area contributed by atoms with Gasteiger partial charge in [-0.05, 0) is 12.5 Å². The fourth-order valence-corrected chi connectivity index (χ4v) is 1.14. The van der Waals surface area contributed by atoms with Crippen molar-refractivity contribution in [3.05, 3.63) is 18.3 Å². The number of rotatable bonds is 6. The molecule has 1 aromatic rings. The summed E-state index contributed by atoms with van der Waals surface area (Å²) in [6.07, 6.45) is 2.57. The third-order valence-electron chi connectivity index (χ3n) is 1.97. The highest BCUT2D eigenvalue weighted by Crippen LogP contribution is 2.12. The van der Waals surface area contributed by atoms with E-state index in [4.69, 9.17) is 4.74 Å². The number of amides is 1. The second kappa shape index (κ2) is 6.66. The Morgan fingerprint density at radius 3 is 3.06 bits per heavy atom. The molecule has 0 fully saturated rings. The zero-order valence-electron chi connectivity index (χ0n) is 9.62. The van der Waals surface area contributed by atoms with E-state index >= 15 is 0 Å². The van der Waals surface area contributed by atoms with Crippen LogP contribution in [0.1, 0.15) is 13.3 Å². The van der Waals surface area contributed by atoms with Crippen molar-refractivity contribution in [1.29, 1.82) is 0 Å². The maximum atomic E-state index is 11.3. The zero-order valence-corrected chi connectivity index (χ0v) is 9.62. The minimum absolute atomic E-state index is 0.0161. The molecule has 0 aliphatic carbocycles. The van der Waals surface area contributed by atoms with Crippen molar-refractivity contribution in [2.24, 2.45) is 0 Å². The highest BCUT2D eigenvalue weighted by Gasteiger charge is 2.00. The predicted octanol–water partition coefficient (Wildman–Crippen LogP) is 1.03. The molecule has 0 atom stereocenters. The second-order valence-electron chi connectivity index (χ2n) is 3.29. The normalized spacial score (nSPS) is 9.62. The summed E-state index contributed by atoms with van der Waals surface area (Å²) >= 11 is 0. The van der Waals surface area contributed by atoms with Gasteiger partial charge < -0.3 is 15.4 Å². The number of hydrogen-bond donors (Lipinski definition) is 2. The molecule has 0 radical (unpaired) electrons. The topological polar surface area (TPSA) is 63.2 Å². The molecule has 0 spiro atoms. The fraction of sp³-hybridized carbons (Fsp3) is 0.455. The van der Waals surface area contributed by atoms with Gasteiger partial charge in [0.2, 0.25) is 11.8 Å². The van der Waals surface area contributed by atoms with Crippen LogP contribution in [0.15, 0.2) is 18.3 Å². The Labute approximate surface area is 95.2 Å². The number of hydrogen-bond acceptors (Lipinski definition) is 4. The molecule has 0 saturated carbocycles. The number of carbonyl (C=O) groups excluding carboxylic acids is 1. The number of anilines is 1. The lowest BCUT2D eigenvalue weighted by Gasteiger charge is -2.07. The Morgan fingerprint density at radius 2 is 2.38 bits per heavy atom. The van der Waals surface area contributed by atoms with Crippen LogP contribution in [0.5, 0.6) is 5.88 Å². The zero-order chi connectivity index (χ0) is 11.8. The molecule has 1 heterocycles. The standard InChI is InChI=1S/C11H17N3O2/c1-3-5-12-10(15)8-14-9-4-6-13-11(7-9)16-2/h4,6-7H,3,5,8H2,1-2H3,(H,12,15)(H,13,14). The highest BCUT2D eigenvalue weighted by atomic mass is 16.5. The summed E-state index contributed by atoms with van der Waals surface area (Å²) in [5.41, 5.74) is 0.818. The summed E-state index contributed by atoms with van der Waals surface area (Å²) in [5.74, 6) is 0.511. The van der Waals surface area contributed by atoms with Crippen LogP contribution in [0.25, 0.3) is 0 Å². The minimum atomic E-state index is -0.0161. The Hall–Kier alpha value is -1.78. The van der Waals surface area contributed by atoms with Crippen molar-refractivity contribution in [2.75, 3.05) is 25.5 Å². The molecule has 1 aromatic heterocycles. The van der Waals surface area contributed by atoms with E-state index in [2.05, 4.69) is 15.6 Å². The second-order valence-corrected chi connectivity index (χ2v) is 3.29. The SMILES string of the molecule is CCCNC(=O)CNc1ccnc(OC)c1. The maximum absolute atomic E-state index is 11.3. The van der Waals surface area contributed by atoms with Crippen molar-refractivity contribution >= 4 is 11.6 Å². The van der Waals surface area contributed by atoms with E-state index in [0.717, 1.165) is 12.1 Å². The summed E-state index contributed by atoms with van der Waals surface area (Å²) in [6.45, 7) is 2.98. The number of methoxy groups -OCH3 is 1. The van der Waals surface area contributed by atoms with Crippen LogP contribution in [-0.2, 0) is 4.79 Å². The van der Waals surface area contributed by atoms with Gasteiger partial charge in [-0.1, -0.05) is 6.92 Å². The van der Waals surface area contributed by atoms with Gasteiger partial charge >= 0.3 is 0 Å². The average Bonchev–Trinajstić information content (AvgIpc) is 2.34. The number of carbonyl (C=O) groups is 1. The fourth-order valence-electron chi connectivity index (χ4n) is 1.14. The van der Waals surface area contributed by atoms with Crippen LogP contribution >= 0.6 is 0 Å².